The molecule has 0 saturated heterocycles. The highest BCUT2D eigenvalue weighted by Crippen LogP contribution is 2.38. The van der Waals surface area contributed by atoms with E-state index in [1.54, 1.807) is 0 Å². The number of benzene rings is 2. The van der Waals surface area contributed by atoms with E-state index in [-0.39, 0.29) is 29.5 Å². The minimum absolute atomic E-state index is 0. The molecule has 0 amide bonds. The van der Waals surface area contributed by atoms with Gasteiger partial charge in [0.15, 0.2) is 0 Å². The number of halogens is 2. The van der Waals surface area contributed by atoms with Gasteiger partial charge in [-0.2, -0.15) is 4.57 Å². The van der Waals surface area contributed by atoms with Gasteiger partial charge in [0.1, 0.15) is 11.2 Å². The Bertz CT molecular complexity index is 836. The van der Waals surface area contributed by atoms with Crippen LogP contribution in [-0.4, -0.2) is 20.0 Å². The molecule has 4 rings (SSSR count). The normalized spacial score (nSPS) is 18.9. The van der Waals surface area contributed by atoms with Crippen LogP contribution in [0.4, 0.5) is 0 Å². The highest BCUT2D eigenvalue weighted by Gasteiger charge is 2.46. The van der Waals surface area contributed by atoms with Crippen LogP contribution in [0.5, 0.6) is 0 Å². The first-order valence-electron chi connectivity index (χ1n) is 7.58. The van der Waals surface area contributed by atoms with Crippen molar-refractivity contribution in [1.29, 1.82) is 0 Å². The number of aromatic nitrogens is 3. The Hall–Kier alpha value is -0.610. The molecule has 1 aromatic heterocycles. The zero-order valence-electron chi connectivity index (χ0n) is 13.2. The first kappa shape index (κ1) is 18.2. The minimum atomic E-state index is 0. The first-order valence-corrected chi connectivity index (χ1v) is 10.1. The van der Waals surface area contributed by atoms with Gasteiger partial charge in [-0.1, -0.05) is 63.7 Å². The van der Waals surface area contributed by atoms with Crippen molar-refractivity contribution in [1.82, 2.24) is 9.78 Å². The van der Waals surface area contributed by atoms with Gasteiger partial charge in [-0.3, -0.25) is 0 Å². The lowest BCUT2D eigenvalue weighted by atomic mass is 10.1. The number of rotatable bonds is 3. The molecule has 2 heterocycles. The zero-order valence-corrected chi connectivity index (χ0v) is 18.3. The maximum absolute atomic E-state index is 5.02. The maximum atomic E-state index is 5.02. The average Bonchev–Trinajstić information content (AvgIpc) is 3.15. The summed E-state index contributed by atoms with van der Waals surface area (Å²) in [4.78, 5) is 0. The van der Waals surface area contributed by atoms with Gasteiger partial charge < -0.3 is 24.0 Å². The molecule has 3 aromatic rings. The number of fused-ring (bicyclic) bond motifs is 1. The standard InChI is InChI=1S/C18H17IN3S.HI/c1-18(12-19)13-23-17-21(15-10-6-3-7-11-15)16(20-22(17)18)14-8-4-2-5-9-14;/h2-11H,12-13H2,1H3;1H/q+1;/p-1. The predicted molar refractivity (Wildman–Crippen MR) is 102 cm³/mol. The fourth-order valence-electron chi connectivity index (χ4n) is 2.81. The molecule has 1 aliphatic heterocycles. The molecule has 0 aliphatic carbocycles. The summed E-state index contributed by atoms with van der Waals surface area (Å²) in [6.45, 7) is 2.29. The quantitative estimate of drug-likeness (QED) is 0.272. The summed E-state index contributed by atoms with van der Waals surface area (Å²) >= 11 is 4.37. The van der Waals surface area contributed by atoms with E-state index in [0.29, 0.717) is 0 Å². The number of alkyl halides is 1. The molecular formula is C18H17I2N3S. The topological polar surface area (TPSA) is 21.7 Å². The van der Waals surface area contributed by atoms with Gasteiger partial charge in [-0.15, -0.1) is 0 Å². The number of hydrogen-bond acceptors (Lipinski definition) is 2. The van der Waals surface area contributed by atoms with Crippen molar-refractivity contribution in [3.63, 3.8) is 0 Å². The molecule has 2 aromatic carbocycles. The lowest BCUT2D eigenvalue weighted by Crippen LogP contribution is -3.00. The van der Waals surface area contributed by atoms with Gasteiger partial charge in [0.25, 0.3) is 0 Å². The van der Waals surface area contributed by atoms with E-state index in [1.807, 2.05) is 17.8 Å². The van der Waals surface area contributed by atoms with Gasteiger partial charge in [-0.25, -0.2) is 0 Å². The molecule has 0 spiro atoms. The van der Waals surface area contributed by atoms with Gasteiger partial charge in [0.2, 0.25) is 0 Å². The molecule has 0 bridgehead atoms. The first-order chi connectivity index (χ1) is 11.2. The van der Waals surface area contributed by atoms with Crippen LogP contribution in [-0.2, 0) is 5.54 Å². The average molecular weight is 561 g/mol. The van der Waals surface area contributed by atoms with Gasteiger partial charge in [0, 0.05) is 15.3 Å². The number of nitrogens with zero attached hydrogens (tertiary/aromatic N) is 3. The maximum Gasteiger partial charge on any atom is 0.314 e. The highest BCUT2D eigenvalue weighted by molar-refractivity contribution is 14.1. The Labute approximate surface area is 177 Å². The molecule has 1 atom stereocenters. The van der Waals surface area contributed by atoms with Crippen LogP contribution >= 0.6 is 34.4 Å². The predicted octanol–water partition coefficient (Wildman–Crippen LogP) is 1.09. The van der Waals surface area contributed by atoms with Crippen LogP contribution in [0.3, 0.4) is 0 Å². The van der Waals surface area contributed by atoms with Crippen molar-refractivity contribution in [3.05, 3.63) is 60.7 Å². The highest BCUT2D eigenvalue weighted by atomic mass is 127. The summed E-state index contributed by atoms with van der Waals surface area (Å²) in [5, 5.41) is 6.23. The summed E-state index contributed by atoms with van der Waals surface area (Å²) in [6.07, 6.45) is 0. The van der Waals surface area contributed by atoms with E-state index in [1.165, 1.54) is 5.16 Å². The third-order valence-corrected chi connectivity index (χ3v) is 7.16. The van der Waals surface area contributed by atoms with Crippen molar-refractivity contribution in [2.45, 2.75) is 17.6 Å². The van der Waals surface area contributed by atoms with Crippen LogP contribution < -0.4 is 28.5 Å². The van der Waals surface area contributed by atoms with Crippen LogP contribution in [0.1, 0.15) is 6.92 Å². The third kappa shape index (κ3) is 3.01. The molecule has 6 heteroatoms. The fraction of sp³-hybridized carbons (Fsp3) is 0.222. The second-order valence-corrected chi connectivity index (χ2v) is 7.68. The van der Waals surface area contributed by atoms with E-state index in [0.717, 1.165) is 27.3 Å². The monoisotopic (exact) mass is 561 g/mol. The molecule has 1 unspecified atom stereocenters. The van der Waals surface area contributed by atoms with Gasteiger partial charge in [-0.05, 0) is 43.0 Å². The molecule has 0 fully saturated rings. The third-order valence-electron chi connectivity index (χ3n) is 4.14. The Morgan fingerprint density at radius 3 is 2.38 bits per heavy atom. The fourth-order valence-corrected chi connectivity index (χ4v) is 5.13. The van der Waals surface area contributed by atoms with Crippen molar-refractivity contribution < 1.29 is 28.5 Å². The Morgan fingerprint density at radius 1 is 1.12 bits per heavy atom. The van der Waals surface area contributed by atoms with Crippen LogP contribution in [0.15, 0.2) is 65.8 Å². The SMILES string of the molecule is CC1(CI)CSc2n1nc(-c1ccccc1)[n+]2-c1ccccc1.[I-]. The van der Waals surface area contributed by atoms with E-state index in [9.17, 15) is 0 Å². The van der Waals surface area contributed by atoms with Crippen molar-refractivity contribution >= 4 is 34.4 Å². The molecule has 3 nitrogen and oxygen atoms in total. The lowest BCUT2D eigenvalue weighted by molar-refractivity contribution is -0.626. The van der Waals surface area contributed by atoms with Crippen LogP contribution in [0, 0.1) is 0 Å². The number of para-hydroxylation sites is 1. The summed E-state index contributed by atoms with van der Waals surface area (Å²) in [6, 6.07) is 21.0. The molecule has 0 N–H and O–H groups in total. The molecule has 1 aliphatic rings. The van der Waals surface area contributed by atoms with Crippen molar-refractivity contribution in [2.75, 3.05) is 10.2 Å². The van der Waals surface area contributed by atoms with Crippen LogP contribution in [0.2, 0.25) is 0 Å². The second-order valence-electron chi connectivity index (χ2n) is 5.97. The molecule has 0 saturated carbocycles. The summed E-state index contributed by atoms with van der Waals surface area (Å²) in [5.41, 5.74) is 2.39. The molecule has 24 heavy (non-hydrogen) atoms. The number of thioether (sulfide) groups is 1. The molecule has 0 radical (unpaired) electrons. The van der Waals surface area contributed by atoms with Crippen LogP contribution in [0.25, 0.3) is 17.1 Å². The smallest absolute Gasteiger partial charge is 0.314 e. The summed E-state index contributed by atoms with van der Waals surface area (Å²) < 4.78 is 5.56. The van der Waals surface area contributed by atoms with E-state index in [2.05, 4.69) is 93.4 Å². The Balaban J connectivity index is 0.00000169. The van der Waals surface area contributed by atoms with E-state index in [4.69, 9.17) is 5.10 Å². The van der Waals surface area contributed by atoms with Gasteiger partial charge in [0.05, 0.1) is 5.56 Å². The van der Waals surface area contributed by atoms with Crippen molar-refractivity contribution in [3.8, 4) is 17.1 Å². The Kier molecular flexibility index (Phi) is 5.55. The summed E-state index contributed by atoms with van der Waals surface area (Å²) in [5.74, 6) is 2.08. The Morgan fingerprint density at radius 2 is 1.75 bits per heavy atom. The zero-order chi connectivity index (χ0) is 15.9. The summed E-state index contributed by atoms with van der Waals surface area (Å²) in [7, 11) is 0. The van der Waals surface area contributed by atoms with E-state index < -0.39 is 0 Å². The lowest BCUT2D eigenvalue weighted by Gasteiger charge is -2.14. The molecular weight excluding hydrogens is 544 g/mol. The minimum Gasteiger partial charge on any atom is -1.00 e. The number of hydrogen-bond donors (Lipinski definition) is 0. The molecule has 124 valence electrons. The van der Waals surface area contributed by atoms with E-state index >= 15 is 0 Å². The largest absolute Gasteiger partial charge is 1.00 e. The van der Waals surface area contributed by atoms with Gasteiger partial charge >= 0.3 is 11.0 Å². The van der Waals surface area contributed by atoms with Crippen molar-refractivity contribution in [2.24, 2.45) is 0 Å². The second kappa shape index (κ2) is 7.33.